The molecule has 4 nitrogen and oxygen atoms in total. The van der Waals surface area contributed by atoms with Gasteiger partial charge in [0.25, 0.3) is 0 Å². The fraction of sp³-hybridized carbons (Fsp3) is 1.00. The summed E-state index contributed by atoms with van der Waals surface area (Å²) in [6.45, 7) is 3.33. The molecule has 0 aromatic rings. The first-order chi connectivity index (χ1) is 5.92. The highest BCUT2D eigenvalue weighted by molar-refractivity contribution is 4.87. The van der Waals surface area contributed by atoms with Gasteiger partial charge in [0.05, 0.1) is 6.10 Å². The molecule has 4 N–H and O–H groups in total. The zero-order valence-electron chi connectivity index (χ0n) is 8.23. The predicted molar refractivity (Wildman–Crippen MR) is 49.0 cm³/mol. The number of ether oxygens (including phenoxy) is 1. The zero-order chi connectivity index (χ0) is 10.1. The largest absolute Gasteiger partial charge is 0.396 e. The van der Waals surface area contributed by atoms with Gasteiger partial charge in [0.2, 0.25) is 0 Å². The van der Waals surface area contributed by atoms with E-state index in [0.29, 0.717) is 0 Å². The number of nitrogens with two attached hydrogens (primary N) is 1. The molecule has 0 heterocycles. The van der Waals surface area contributed by atoms with Gasteiger partial charge >= 0.3 is 0 Å². The van der Waals surface area contributed by atoms with Crippen molar-refractivity contribution in [2.45, 2.75) is 44.6 Å². The van der Waals surface area contributed by atoms with Gasteiger partial charge in [-0.2, -0.15) is 0 Å². The van der Waals surface area contributed by atoms with Gasteiger partial charge in [-0.25, -0.2) is 0 Å². The van der Waals surface area contributed by atoms with Gasteiger partial charge in [0.15, 0.2) is 5.79 Å². The van der Waals surface area contributed by atoms with Crippen LogP contribution in [0, 0.1) is 5.92 Å². The molecule has 0 aromatic heterocycles. The number of hydrogen-bond acceptors (Lipinski definition) is 4. The summed E-state index contributed by atoms with van der Waals surface area (Å²) in [5.74, 6) is -0.908. The third-order valence-electron chi connectivity index (χ3n) is 2.35. The van der Waals surface area contributed by atoms with Crippen molar-refractivity contribution in [2.75, 3.05) is 6.61 Å². The molecule has 3 atom stereocenters. The van der Waals surface area contributed by atoms with Gasteiger partial charge in [-0.05, 0) is 32.6 Å². The molecular weight excluding hydrogens is 170 g/mol. The second kappa shape index (κ2) is 3.92. The van der Waals surface area contributed by atoms with E-state index in [0.717, 1.165) is 12.8 Å². The smallest absolute Gasteiger partial charge is 0.160 e. The van der Waals surface area contributed by atoms with Crippen LogP contribution in [0.5, 0.6) is 0 Å². The minimum atomic E-state index is -1.13. The summed E-state index contributed by atoms with van der Waals surface area (Å²) in [6.07, 6.45) is 1.39. The van der Waals surface area contributed by atoms with E-state index < -0.39 is 5.79 Å². The van der Waals surface area contributed by atoms with Crippen molar-refractivity contribution in [3.63, 3.8) is 0 Å². The molecular formula is C9H19NO3. The molecule has 0 saturated heterocycles. The lowest BCUT2D eigenvalue weighted by molar-refractivity contribution is -0.206. The van der Waals surface area contributed by atoms with Crippen molar-refractivity contribution in [1.82, 2.24) is 0 Å². The van der Waals surface area contributed by atoms with Crippen LogP contribution in [0.2, 0.25) is 0 Å². The average Bonchev–Trinajstić information content (AvgIpc) is 2.29. The van der Waals surface area contributed by atoms with Crippen LogP contribution in [0.1, 0.15) is 26.7 Å². The molecule has 0 aliphatic heterocycles. The first-order valence-corrected chi connectivity index (χ1v) is 4.69. The van der Waals surface area contributed by atoms with E-state index in [4.69, 9.17) is 15.6 Å². The number of hydrogen-bond donors (Lipinski definition) is 3. The van der Waals surface area contributed by atoms with E-state index in [9.17, 15) is 5.11 Å². The van der Waals surface area contributed by atoms with Gasteiger partial charge in [-0.3, -0.25) is 0 Å². The number of aliphatic hydroxyl groups excluding tert-OH is 1. The van der Waals surface area contributed by atoms with Crippen molar-refractivity contribution in [3.05, 3.63) is 0 Å². The van der Waals surface area contributed by atoms with Crippen molar-refractivity contribution >= 4 is 0 Å². The Morgan fingerprint density at radius 2 is 2.08 bits per heavy atom. The molecule has 13 heavy (non-hydrogen) atoms. The molecule has 1 aliphatic rings. The summed E-state index contributed by atoms with van der Waals surface area (Å²) in [5, 5.41) is 18.3. The number of aliphatic hydroxyl groups is 2. The summed E-state index contributed by atoms with van der Waals surface area (Å²) in [4.78, 5) is 0. The molecule has 0 aromatic carbocycles. The lowest BCUT2D eigenvalue weighted by Crippen LogP contribution is -2.38. The van der Waals surface area contributed by atoms with Gasteiger partial charge in [0, 0.05) is 12.6 Å². The average molecular weight is 189 g/mol. The van der Waals surface area contributed by atoms with Crippen LogP contribution in [0.25, 0.3) is 0 Å². The van der Waals surface area contributed by atoms with Gasteiger partial charge < -0.3 is 20.7 Å². The summed E-state index contributed by atoms with van der Waals surface area (Å²) < 4.78 is 5.36. The third kappa shape index (κ3) is 3.23. The molecule has 0 amide bonds. The highest BCUT2D eigenvalue weighted by Crippen LogP contribution is 2.28. The van der Waals surface area contributed by atoms with Crippen LogP contribution >= 0.6 is 0 Å². The van der Waals surface area contributed by atoms with Gasteiger partial charge in [0.1, 0.15) is 0 Å². The van der Waals surface area contributed by atoms with Gasteiger partial charge in [-0.15, -0.1) is 0 Å². The molecule has 0 spiro atoms. The Morgan fingerprint density at radius 1 is 1.46 bits per heavy atom. The van der Waals surface area contributed by atoms with Crippen LogP contribution in [0.4, 0.5) is 0 Å². The number of rotatable bonds is 3. The summed E-state index contributed by atoms with van der Waals surface area (Å²) >= 11 is 0. The molecule has 0 radical (unpaired) electrons. The van der Waals surface area contributed by atoms with Crippen LogP contribution in [-0.2, 0) is 4.74 Å². The van der Waals surface area contributed by atoms with Crippen LogP contribution in [-0.4, -0.2) is 34.8 Å². The summed E-state index contributed by atoms with van der Waals surface area (Å²) in [6, 6.07) is -0.0661. The maximum absolute atomic E-state index is 9.41. The first-order valence-electron chi connectivity index (χ1n) is 4.69. The maximum Gasteiger partial charge on any atom is 0.160 e. The Balaban J connectivity index is 2.44. The fourth-order valence-electron chi connectivity index (χ4n) is 1.79. The van der Waals surface area contributed by atoms with E-state index in [-0.39, 0.29) is 24.7 Å². The van der Waals surface area contributed by atoms with Crippen molar-refractivity contribution < 1.29 is 14.9 Å². The third-order valence-corrected chi connectivity index (χ3v) is 2.35. The predicted octanol–water partition coefficient (Wildman–Crippen LogP) is -0.170. The van der Waals surface area contributed by atoms with E-state index in [1.807, 2.05) is 0 Å². The zero-order valence-corrected chi connectivity index (χ0v) is 8.23. The standard InChI is InChI=1S/C9H19NO3/c1-9(2,12)13-8-4-6(5-11)3-7(8)10/h6-8,11-12H,3-5,10H2,1-2H3/t6-,7+,8+/m0/s1. The Kier molecular flexibility index (Phi) is 3.29. The molecule has 1 fully saturated rings. The van der Waals surface area contributed by atoms with Crippen molar-refractivity contribution in [1.29, 1.82) is 0 Å². The van der Waals surface area contributed by atoms with Crippen molar-refractivity contribution in [2.24, 2.45) is 11.7 Å². The second-order valence-electron chi connectivity index (χ2n) is 4.29. The van der Waals surface area contributed by atoms with Crippen LogP contribution in [0.15, 0.2) is 0 Å². The van der Waals surface area contributed by atoms with E-state index in [1.165, 1.54) is 0 Å². The maximum atomic E-state index is 9.41. The molecule has 1 aliphatic carbocycles. The normalized spacial score (nSPS) is 35.3. The molecule has 0 unspecified atom stereocenters. The Hall–Kier alpha value is -0.160. The summed E-state index contributed by atoms with van der Waals surface area (Å²) in [5.41, 5.74) is 5.80. The molecule has 0 bridgehead atoms. The minimum absolute atomic E-state index is 0.0661. The lowest BCUT2D eigenvalue weighted by atomic mass is 10.1. The summed E-state index contributed by atoms with van der Waals surface area (Å²) in [7, 11) is 0. The molecule has 4 heteroatoms. The highest BCUT2D eigenvalue weighted by atomic mass is 16.6. The van der Waals surface area contributed by atoms with Gasteiger partial charge in [-0.1, -0.05) is 0 Å². The SMILES string of the molecule is CC(C)(O)O[C@@H]1C[C@@H](CO)C[C@H]1N. The minimum Gasteiger partial charge on any atom is -0.396 e. The van der Waals surface area contributed by atoms with E-state index in [1.54, 1.807) is 13.8 Å². The second-order valence-corrected chi connectivity index (χ2v) is 4.29. The highest BCUT2D eigenvalue weighted by Gasteiger charge is 2.35. The molecule has 78 valence electrons. The Labute approximate surface area is 78.7 Å². The molecule has 1 rings (SSSR count). The Bertz CT molecular complexity index is 167. The quantitative estimate of drug-likeness (QED) is 0.539. The van der Waals surface area contributed by atoms with Crippen LogP contribution in [0.3, 0.4) is 0 Å². The first kappa shape index (κ1) is 10.9. The van der Waals surface area contributed by atoms with Crippen molar-refractivity contribution in [3.8, 4) is 0 Å². The Morgan fingerprint density at radius 3 is 2.46 bits per heavy atom. The fourth-order valence-corrected chi connectivity index (χ4v) is 1.79. The topological polar surface area (TPSA) is 75.7 Å². The van der Waals surface area contributed by atoms with E-state index >= 15 is 0 Å². The monoisotopic (exact) mass is 189 g/mol. The lowest BCUT2D eigenvalue weighted by Gasteiger charge is -2.25. The molecule has 1 saturated carbocycles. The van der Waals surface area contributed by atoms with E-state index in [2.05, 4.69) is 0 Å². The van der Waals surface area contributed by atoms with Crippen LogP contribution < -0.4 is 5.73 Å².